The predicted octanol–water partition coefficient (Wildman–Crippen LogP) is 2.35. The van der Waals surface area contributed by atoms with Crippen LogP contribution in [-0.4, -0.2) is 35.8 Å². The molecular weight excluding hydrogens is 222 g/mol. The second kappa shape index (κ2) is 6.43. The van der Waals surface area contributed by atoms with E-state index in [1.165, 1.54) is 0 Å². The molecule has 0 radical (unpaired) electrons. The largest absolute Gasteiger partial charge is 0.508 e. The summed E-state index contributed by atoms with van der Waals surface area (Å²) in [5, 5.41) is 9.10. The SMILES string of the molecule is CN(C)C(=O)CCCSc1ccc(O)cc1. The third-order valence-corrected chi connectivity index (χ3v) is 3.24. The van der Waals surface area contributed by atoms with Crippen molar-refractivity contribution in [2.75, 3.05) is 19.8 Å². The van der Waals surface area contributed by atoms with Crippen molar-refractivity contribution in [3.05, 3.63) is 24.3 Å². The number of benzene rings is 1. The molecule has 1 aromatic rings. The Morgan fingerprint density at radius 3 is 2.50 bits per heavy atom. The summed E-state index contributed by atoms with van der Waals surface area (Å²) in [7, 11) is 3.55. The molecule has 0 aromatic heterocycles. The highest BCUT2D eigenvalue weighted by molar-refractivity contribution is 7.99. The number of hydrogen-bond acceptors (Lipinski definition) is 3. The van der Waals surface area contributed by atoms with Crippen molar-refractivity contribution >= 4 is 17.7 Å². The summed E-state index contributed by atoms with van der Waals surface area (Å²) in [5.74, 6) is 1.38. The number of phenols is 1. The smallest absolute Gasteiger partial charge is 0.222 e. The first-order valence-corrected chi connectivity index (χ1v) is 6.20. The Morgan fingerprint density at radius 1 is 1.31 bits per heavy atom. The minimum Gasteiger partial charge on any atom is -0.508 e. The van der Waals surface area contributed by atoms with Gasteiger partial charge < -0.3 is 10.0 Å². The Hall–Kier alpha value is -1.16. The molecule has 0 unspecified atom stereocenters. The first kappa shape index (κ1) is 12.9. The summed E-state index contributed by atoms with van der Waals surface area (Å²) < 4.78 is 0. The maximum absolute atomic E-state index is 11.3. The maximum atomic E-state index is 11.3. The number of amides is 1. The fourth-order valence-corrected chi connectivity index (χ4v) is 2.03. The van der Waals surface area contributed by atoms with Crippen LogP contribution in [0.15, 0.2) is 29.2 Å². The Labute approximate surface area is 100 Å². The lowest BCUT2D eigenvalue weighted by Crippen LogP contribution is -2.21. The highest BCUT2D eigenvalue weighted by Gasteiger charge is 2.03. The lowest BCUT2D eigenvalue weighted by Gasteiger charge is -2.09. The zero-order valence-electron chi connectivity index (χ0n) is 9.64. The molecule has 4 heteroatoms. The van der Waals surface area contributed by atoms with E-state index < -0.39 is 0 Å². The number of carbonyl (C=O) groups is 1. The Bertz CT molecular complexity index is 335. The molecule has 0 aliphatic heterocycles. The summed E-state index contributed by atoms with van der Waals surface area (Å²) in [6.07, 6.45) is 1.47. The van der Waals surface area contributed by atoms with E-state index in [1.807, 2.05) is 12.1 Å². The molecule has 1 aromatic carbocycles. The predicted molar refractivity (Wildman–Crippen MR) is 66.8 cm³/mol. The van der Waals surface area contributed by atoms with E-state index in [0.29, 0.717) is 6.42 Å². The molecule has 16 heavy (non-hydrogen) atoms. The Balaban J connectivity index is 2.21. The minimum absolute atomic E-state index is 0.173. The lowest BCUT2D eigenvalue weighted by molar-refractivity contribution is -0.128. The molecular formula is C12H17NO2S. The van der Waals surface area contributed by atoms with Crippen LogP contribution in [0.5, 0.6) is 5.75 Å². The van der Waals surface area contributed by atoms with E-state index in [9.17, 15) is 4.79 Å². The van der Waals surface area contributed by atoms with Gasteiger partial charge in [0, 0.05) is 25.4 Å². The van der Waals surface area contributed by atoms with Gasteiger partial charge in [0.05, 0.1) is 0 Å². The van der Waals surface area contributed by atoms with Crippen molar-refractivity contribution in [1.82, 2.24) is 4.90 Å². The van der Waals surface area contributed by atoms with Gasteiger partial charge in [-0.2, -0.15) is 0 Å². The highest BCUT2D eigenvalue weighted by atomic mass is 32.2. The topological polar surface area (TPSA) is 40.5 Å². The minimum atomic E-state index is 0.173. The number of aromatic hydroxyl groups is 1. The van der Waals surface area contributed by atoms with Gasteiger partial charge in [-0.1, -0.05) is 0 Å². The fourth-order valence-electron chi connectivity index (χ4n) is 1.18. The molecule has 0 bridgehead atoms. The van der Waals surface area contributed by atoms with Gasteiger partial charge in [0.2, 0.25) is 5.91 Å². The first-order chi connectivity index (χ1) is 7.59. The number of carbonyl (C=O) groups excluding carboxylic acids is 1. The summed E-state index contributed by atoms with van der Waals surface area (Å²) >= 11 is 1.70. The van der Waals surface area contributed by atoms with Crippen LogP contribution in [0.2, 0.25) is 0 Å². The van der Waals surface area contributed by atoms with E-state index in [2.05, 4.69) is 0 Å². The van der Waals surface area contributed by atoms with E-state index in [-0.39, 0.29) is 11.7 Å². The number of hydrogen-bond donors (Lipinski definition) is 1. The number of rotatable bonds is 5. The molecule has 0 heterocycles. The van der Waals surface area contributed by atoms with Crippen LogP contribution in [0.4, 0.5) is 0 Å². The third kappa shape index (κ3) is 4.57. The number of phenolic OH excluding ortho intramolecular Hbond substituents is 1. The zero-order valence-corrected chi connectivity index (χ0v) is 10.5. The summed E-state index contributed by atoms with van der Waals surface area (Å²) in [6.45, 7) is 0. The average Bonchev–Trinajstić information content (AvgIpc) is 2.26. The molecule has 1 N–H and O–H groups in total. The average molecular weight is 239 g/mol. The molecule has 1 rings (SSSR count). The molecule has 0 saturated heterocycles. The summed E-state index contributed by atoms with van der Waals surface area (Å²) in [6, 6.07) is 7.11. The van der Waals surface area contributed by atoms with Crippen LogP contribution in [0.3, 0.4) is 0 Å². The van der Waals surface area contributed by atoms with Crippen molar-refractivity contribution < 1.29 is 9.90 Å². The molecule has 0 saturated carbocycles. The van der Waals surface area contributed by atoms with Gasteiger partial charge >= 0.3 is 0 Å². The van der Waals surface area contributed by atoms with Crippen LogP contribution < -0.4 is 0 Å². The van der Waals surface area contributed by atoms with Crippen molar-refractivity contribution in [3.63, 3.8) is 0 Å². The molecule has 0 fully saturated rings. The standard InChI is InChI=1S/C12H17NO2S/c1-13(2)12(15)4-3-9-16-11-7-5-10(14)6-8-11/h5-8,14H,3-4,9H2,1-2H3. The van der Waals surface area contributed by atoms with Crippen molar-refractivity contribution in [2.45, 2.75) is 17.7 Å². The van der Waals surface area contributed by atoms with Gasteiger partial charge in [-0.05, 0) is 36.4 Å². The van der Waals surface area contributed by atoms with Crippen LogP contribution in [0, 0.1) is 0 Å². The fraction of sp³-hybridized carbons (Fsp3) is 0.417. The van der Waals surface area contributed by atoms with Crippen LogP contribution in [0.25, 0.3) is 0 Å². The normalized spacial score (nSPS) is 10.1. The van der Waals surface area contributed by atoms with Crippen molar-refractivity contribution in [3.8, 4) is 5.75 Å². The van der Waals surface area contributed by atoms with Crippen molar-refractivity contribution in [1.29, 1.82) is 0 Å². The molecule has 0 spiro atoms. The lowest BCUT2D eigenvalue weighted by atomic mass is 10.3. The van der Waals surface area contributed by atoms with Gasteiger partial charge in [0.1, 0.15) is 5.75 Å². The molecule has 1 amide bonds. The molecule has 0 atom stereocenters. The second-order valence-corrected chi connectivity index (χ2v) is 4.90. The Morgan fingerprint density at radius 2 is 1.94 bits per heavy atom. The van der Waals surface area contributed by atoms with Gasteiger partial charge in [-0.25, -0.2) is 0 Å². The first-order valence-electron chi connectivity index (χ1n) is 5.21. The maximum Gasteiger partial charge on any atom is 0.222 e. The summed E-state index contributed by atoms with van der Waals surface area (Å²) in [4.78, 5) is 14.0. The van der Waals surface area contributed by atoms with Crippen molar-refractivity contribution in [2.24, 2.45) is 0 Å². The van der Waals surface area contributed by atoms with Crippen LogP contribution in [0.1, 0.15) is 12.8 Å². The van der Waals surface area contributed by atoms with Crippen LogP contribution in [-0.2, 0) is 4.79 Å². The summed E-state index contributed by atoms with van der Waals surface area (Å²) in [5.41, 5.74) is 0. The van der Waals surface area contributed by atoms with E-state index in [1.54, 1.807) is 42.9 Å². The number of nitrogens with zero attached hydrogens (tertiary/aromatic N) is 1. The monoisotopic (exact) mass is 239 g/mol. The Kier molecular flexibility index (Phi) is 5.19. The van der Waals surface area contributed by atoms with Gasteiger partial charge in [0.15, 0.2) is 0 Å². The molecule has 88 valence electrons. The second-order valence-electron chi connectivity index (χ2n) is 3.73. The van der Waals surface area contributed by atoms with Gasteiger partial charge in [-0.15, -0.1) is 11.8 Å². The van der Waals surface area contributed by atoms with Crippen LogP contribution >= 0.6 is 11.8 Å². The van der Waals surface area contributed by atoms with Gasteiger partial charge in [-0.3, -0.25) is 4.79 Å². The van der Waals surface area contributed by atoms with E-state index in [0.717, 1.165) is 17.1 Å². The van der Waals surface area contributed by atoms with E-state index in [4.69, 9.17) is 5.11 Å². The third-order valence-electron chi connectivity index (χ3n) is 2.14. The quantitative estimate of drug-likeness (QED) is 0.633. The molecule has 0 aliphatic rings. The zero-order chi connectivity index (χ0) is 12.0. The molecule has 0 aliphatic carbocycles. The van der Waals surface area contributed by atoms with E-state index >= 15 is 0 Å². The highest BCUT2D eigenvalue weighted by Crippen LogP contribution is 2.21. The molecule has 3 nitrogen and oxygen atoms in total. The number of thioether (sulfide) groups is 1. The van der Waals surface area contributed by atoms with Gasteiger partial charge in [0.25, 0.3) is 0 Å².